The van der Waals surface area contributed by atoms with E-state index < -0.39 is 5.82 Å². The third kappa shape index (κ3) is 4.46. The van der Waals surface area contributed by atoms with Crippen LogP contribution >= 0.6 is 22.9 Å². The van der Waals surface area contributed by atoms with Crippen molar-refractivity contribution in [3.8, 4) is 10.9 Å². The minimum atomic E-state index is -0.448. The van der Waals surface area contributed by atoms with E-state index in [2.05, 4.69) is 4.98 Å². The Balaban J connectivity index is 1.34. The van der Waals surface area contributed by atoms with E-state index in [1.54, 1.807) is 18.1 Å². The van der Waals surface area contributed by atoms with Gasteiger partial charge in [0.25, 0.3) is 5.19 Å². The lowest BCUT2D eigenvalue weighted by Gasteiger charge is -2.31. The largest absolute Gasteiger partial charge is 0.497 e. The summed E-state index contributed by atoms with van der Waals surface area (Å²) in [4.78, 5) is 18.8. The molecule has 5 nitrogen and oxygen atoms in total. The normalized spacial score (nSPS) is 14.9. The van der Waals surface area contributed by atoms with Crippen LogP contribution in [0.4, 0.5) is 4.39 Å². The molecular formula is C21H20ClFN2O3S. The highest BCUT2D eigenvalue weighted by atomic mass is 35.5. The first kappa shape index (κ1) is 19.9. The van der Waals surface area contributed by atoms with Crippen molar-refractivity contribution in [3.63, 3.8) is 0 Å². The van der Waals surface area contributed by atoms with Crippen LogP contribution in [-0.2, 0) is 11.2 Å². The number of halogens is 2. The number of carbonyl (C=O) groups is 1. The predicted molar refractivity (Wildman–Crippen MR) is 112 cm³/mol. The van der Waals surface area contributed by atoms with Crippen LogP contribution < -0.4 is 9.47 Å². The van der Waals surface area contributed by atoms with E-state index in [9.17, 15) is 9.18 Å². The fourth-order valence-corrected chi connectivity index (χ4v) is 4.48. The second kappa shape index (κ2) is 8.55. The zero-order chi connectivity index (χ0) is 20.4. The first-order valence-electron chi connectivity index (χ1n) is 9.35. The molecule has 0 unspecified atom stereocenters. The number of benzene rings is 2. The Morgan fingerprint density at radius 1 is 1.31 bits per heavy atom. The Bertz CT molecular complexity index is 1010. The van der Waals surface area contributed by atoms with Gasteiger partial charge in [0, 0.05) is 42.6 Å². The molecular weight excluding hydrogens is 415 g/mol. The summed E-state index contributed by atoms with van der Waals surface area (Å²) in [5.41, 5.74) is 1.10. The number of hydrogen-bond acceptors (Lipinski definition) is 5. The number of nitrogens with zero attached hydrogens (tertiary/aromatic N) is 2. The highest BCUT2D eigenvalue weighted by Gasteiger charge is 2.26. The summed E-state index contributed by atoms with van der Waals surface area (Å²) in [6.07, 6.45) is 1.38. The van der Waals surface area contributed by atoms with Crippen LogP contribution in [0.2, 0.25) is 5.02 Å². The number of carbonyl (C=O) groups excluding carboxylic acids is 1. The number of rotatable bonds is 5. The van der Waals surface area contributed by atoms with Gasteiger partial charge in [-0.05, 0) is 24.3 Å². The van der Waals surface area contributed by atoms with Crippen molar-refractivity contribution in [1.82, 2.24) is 9.88 Å². The van der Waals surface area contributed by atoms with Gasteiger partial charge in [0.1, 0.15) is 17.7 Å². The molecule has 0 N–H and O–H groups in total. The number of hydrogen-bond donors (Lipinski definition) is 0. The third-order valence-corrected chi connectivity index (χ3v) is 6.31. The molecule has 1 saturated heterocycles. The van der Waals surface area contributed by atoms with Crippen LogP contribution in [0.3, 0.4) is 0 Å². The molecule has 8 heteroatoms. The van der Waals surface area contributed by atoms with Crippen LogP contribution in [0.1, 0.15) is 18.4 Å². The summed E-state index contributed by atoms with van der Waals surface area (Å²) in [5.74, 6) is 0.190. The fourth-order valence-electron chi connectivity index (χ4n) is 3.39. The SMILES string of the molecule is COc1ccc2sc(OC3CCN(C(=O)Cc4c(F)cccc4Cl)CC3)nc2c1. The van der Waals surface area contributed by atoms with Gasteiger partial charge in [-0.15, -0.1) is 0 Å². The molecule has 0 aliphatic carbocycles. The topological polar surface area (TPSA) is 51.7 Å². The van der Waals surface area contributed by atoms with Gasteiger partial charge in [-0.25, -0.2) is 9.37 Å². The lowest BCUT2D eigenvalue weighted by Crippen LogP contribution is -2.42. The molecule has 2 heterocycles. The summed E-state index contributed by atoms with van der Waals surface area (Å²) >= 11 is 7.53. The lowest BCUT2D eigenvalue weighted by atomic mass is 10.1. The Labute approximate surface area is 177 Å². The average molecular weight is 435 g/mol. The molecule has 29 heavy (non-hydrogen) atoms. The van der Waals surface area contributed by atoms with E-state index in [1.807, 2.05) is 18.2 Å². The van der Waals surface area contributed by atoms with Gasteiger partial charge in [0.15, 0.2) is 0 Å². The summed E-state index contributed by atoms with van der Waals surface area (Å²) in [5, 5.41) is 0.903. The summed E-state index contributed by atoms with van der Waals surface area (Å²) in [7, 11) is 1.63. The molecule has 0 bridgehead atoms. The highest BCUT2D eigenvalue weighted by molar-refractivity contribution is 7.20. The van der Waals surface area contributed by atoms with Crippen molar-refractivity contribution in [2.45, 2.75) is 25.4 Å². The van der Waals surface area contributed by atoms with E-state index in [1.165, 1.54) is 23.5 Å². The standard InChI is InChI=1S/C21H20ClFN2O3S/c1-27-14-5-6-19-18(11-14)24-21(29-19)28-13-7-9-25(10-8-13)20(26)12-15-16(22)3-2-4-17(15)23/h2-6,11,13H,7-10,12H2,1H3. The van der Waals surface area contributed by atoms with Crippen LogP contribution in [0, 0.1) is 5.82 Å². The number of aromatic nitrogens is 1. The first-order valence-corrected chi connectivity index (χ1v) is 10.5. The molecule has 3 aromatic rings. The maximum atomic E-state index is 13.9. The van der Waals surface area contributed by atoms with Gasteiger partial charge in [-0.1, -0.05) is 29.0 Å². The Morgan fingerprint density at radius 2 is 2.10 bits per heavy atom. The van der Waals surface area contributed by atoms with Gasteiger partial charge >= 0.3 is 0 Å². The highest BCUT2D eigenvalue weighted by Crippen LogP contribution is 2.32. The van der Waals surface area contributed by atoms with Crippen molar-refractivity contribution in [2.24, 2.45) is 0 Å². The second-order valence-electron chi connectivity index (χ2n) is 6.89. The van der Waals surface area contributed by atoms with Gasteiger partial charge in [-0.2, -0.15) is 0 Å². The maximum Gasteiger partial charge on any atom is 0.274 e. The maximum absolute atomic E-state index is 13.9. The van der Waals surface area contributed by atoms with E-state index >= 15 is 0 Å². The molecule has 1 aliphatic heterocycles. The van der Waals surface area contributed by atoms with Gasteiger partial charge in [0.05, 0.1) is 23.7 Å². The quantitative estimate of drug-likeness (QED) is 0.583. The minimum Gasteiger partial charge on any atom is -0.497 e. The number of likely N-dealkylation sites (tertiary alicyclic amines) is 1. The average Bonchev–Trinajstić information content (AvgIpc) is 3.12. The molecule has 2 aromatic carbocycles. The molecule has 1 fully saturated rings. The van der Waals surface area contributed by atoms with Crippen LogP contribution in [0.5, 0.6) is 10.9 Å². The number of ether oxygens (including phenoxy) is 2. The fraction of sp³-hybridized carbons (Fsp3) is 0.333. The van der Waals surface area contributed by atoms with Crippen molar-refractivity contribution in [3.05, 3.63) is 52.8 Å². The van der Waals surface area contributed by atoms with E-state index in [-0.39, 0.29) is 29.0 Å². The van der Waals surface area contributed by atoms with Gasteiger partial charge in [0.2, 0.25) is 5.91 Å². The predicted octanol–water partition coefficient (Wildman–Crippen LogP) is 4.71. The summed E-state index contributed by atoms with van der Waals surface area (Å²) in [6.45, 7) is 1.13. The van der Waals surface area contributed by atoms with Crippen molar-refractivity contribution < 1.29 is 18.7 Å². The molecule has 1 aliphatic rings. The third-order valence-electron chi connectivity index (χ3n) is 5.03. The molecule has 0 saturated carbocycles. The van der Waals surface area contributed by atoms with Crippen molar-refractivity contribution in [2.75, 3.05) is 20.2 Å². The Morgan fingerprint density at radius 3 is 2.83 bits per heavy atom. The summed E-state index contributed by atoms with van der Waals surface area (Å²) in [6, 6.07) is 10.2. The minimum absolute atomic E-state index is 0.00134. The van der Waals surface area contributed by atoms with E-state index in [4.69, 9.17) is 21.1 Å². The molecule has 1 amide bonds. The van der Waals surface area contributed by atoms with Crippen LogP contribution in [0.25, 0.3) is 10.2 Å². The number of thiazole rings is 1. The van der Waals surface area contributed by atoms with Gasteiger partial charge < -0.3 is 14.4 Å². The monoisotopic (exact) mass is 434 g/mol. The Kier molecular flexibility index (Phi) is 5.87. The zero-order valence-electron chi connectivity index (χ0n) is 15.9. The smallest absolute Gasteiger partial charge is 0.274 e. The molecule has 1 aromatic heterocycles. The van der Waals surface area contributed by atoms with Crippen LogP contribution in [0.15, 0.2) is 36.4 Å². The van der Waals surface area contributed by atoms with Crippen LogP contribution in [-0.4, -0.2) is 42.1 Å². The van der Waals surface area contributed by atoms with E-state index in [0.29, 0.717) is 31.1 Å². The zero-order valence-corrected chi connectivity index (χ0v) is 17.4. The Hall–Kier alpha value is -2.38. The molecule has 152 valence electrons. The first-order chi connectivity index (χ1) is 14.0. The molecule has 4 rings (SSSR count). The number of fused-ring (bicyclic) bond motifs is 1. The molecule has 0 radical (unpaired) electrons. The second-order valence-corrected chi connectivity index (χ2v) is 8.29. The lowest BCUT2D eigenvalue weighted by molar-refractivity contribution is -0.132. The van der Waals surface area contributed by atoms with E-state index in [0.717, 1.165) is 16.0 Å². The summed E-state index contributed by atoms with van der Waals surface area (Å²) < 4.78 is 26.2. The van der Waals surface area contributed by atoms with Crippen molar-refractivity contribution in [1.29, 1.82) is 0 Å². The van der Waals surface area contributed by atoms with Crippen molar-refractivity contribution >= 4 is 39.1 Å². The number of amides is 1. The van der Waals surface area contributed by atoms with Gasteiger partial charge in [-0.3, -0.25) is 4.79 Å². The molecule has 0 spiro atoms. The molecule has 0 atom stereocenters. The number of methoxy groups -OCH3 is 1. The number of piperidine rings is 1.